The molecular formula is C21H23NO5. The van der Waals surface area contributed by atoms with Crippen LogP contribution in [0, 0.1) is 5.92 Å². The van der Waals surface area contributed by atoms with Gasteiger partial charge in [-0.15, -0.1) is 0 Å². The van der Waals surface area contributed by atoms with Crippen molar-refractivity contribution in [1.82, 2.24) is 0 Å². The molecule has 0 saturated heterocycles. The van der Waals surface area contributed by atoms with E-state index < -0.39 is 18.0 Å². The number of ether oxygens (including phenoxy) is 3. The van der Waals surface area contributed by atoms with E-state index in [9.17, 15) is 9.59 Å². The van der Waals surface area contributed by atoms with Crippen LogP contribution in [0.15, 0.2) is 48.5 Å². The number of benzene rings is 2. The number of nitrogens with one attached hydrogen (secondary N) is 1. The van der Waals surface area contributed by atoms with Crippen LogP contribution in [0.25, 0.3) is 0 Å². The average Bonchev–Trinajstić information content (AvgIpc) is 2.69. The summed E-state index contributed by atoms with van der Waals surface area (Å²) >= 11 is 0. The molecule has 0 bridgehead atoms. The molecule has 0 aliphatic carbocycles. The fourth-order valence-corrected chi connectivity index (χ4v) is 2.85. The molecule has 27 heavy (non-hydrogen) atoms. The van der Waals surface area contributed by atoms with Gasteiger partial charge in [-0.25, -0.2) is 0 Å². The first kappa shape index (κ1) is 18.8. The van der Waals surface area contributed by atoms with E-state index in [2.05, 4.69) is 5.32 Å². The number of carbonyl (C=O) groups excluding carboxylic acids is 2. The second-order valence-electron chi connectivity index (χ2n) is 6.35. The van der Waals surface area contributed by atoms with Gasteiger partial charge >= 0.3 is 5.97 Å². The zero-order valence-electron chi connectivity index (χ0n) is 15.4. The van der Waals surface area contributed by atoms with Crippen LogP contribution >= 0.6 is 0 Å². The van der Waals surface area contributed by atoms with Gasteiger partial charge in [0.1, 0.15) is 18.1 Å². The van der Waals surface area contributed by atoms with Gasteiger partial charge < -0.3 is 19.5 Å². The Kier molecular flexibility index (Phi) is 5.96. The van der Waals surface area contributed by atoms with Crippen LogP contribution in [0.4, 0.5) is 5.69 Å². The Hall–Kier alpha value is -3.02. The highest BCUT2D eigenvalue weighted by atomic mass is 16.6. The maximum atomic E-state index is 12.4. The summed E-state index contributed by atoms with van der Waals surface area (Å²) in [6, 6.07) is 14.6. The van der Waals surface area contributed by atoms with Crippen molar-refractivity contribution < 1.29 is 23.8 Å². The second kappa shape index (κ2) is 8.58. The monoisotopic (exact) mass is 369 g/mol. The third-order valence-corrected chi connectivity index (χ3v) is 4.31. The minimum absolute atomic E-state index is 0.253. The normalized spacial score (nSPS) is 16.4. The van der Waals surface area contributed by atoms with Crippen molar-refractivity contribution in [2.24, 2.45) is 5.92 Å². The third-order valence-electron chi connectivity index (χ3n) is 4.31. The van der Waals surface area contributed by atoms with Crippen LogP contribution < -0.4 is 14.8 Å². The summed E-state index contributed by atoms with van der Waals surface area (Å²) in [6.45, 7) is 4.29. The molecule has 0 aromatic heterocycles. The van der Waals surface area contributed by atoms with E-state index in [4.69, 9.17) is 14.2 Å². The molecular weight excluding hydrogens is 346 g/mol. The van der Waals surface area contributed by atoms with Crippen molar-refractivity contribution in [3.63, 3.8) is 0 Å². The van der Waals surface area contributed by atoms with Crippen molar-refractivity contribution in [1.29, 1.82) is 0 Å². The van der Waals surface area contributed by atoms with Gasteiger partial charge in [0.2, 0.25) is 0 Å². The first-order chi connectivity index (χ1) is 13.1. The second-order valence-corrected chi connectivity index (χ2v) is 6.35. The summed E-state index contributed by atoms with van der Waals surface area (Å²) in [7, 11) is 0. The van der Waals surface area contributed by atoms with Crippen LogP contribution in [0.3, 0.4) is 0 Å². The van der Waals surface area contributed by atoms with Gasteiger partial charge in [0.05, 0.1) is 12.5 Å². The topological polar surface area (TPSA) is 73.9 Å². The van der Waals surface area contributed by atoms with E-state index in [0.29, 0.717) is 18.7 Å². The van der Waals surface area contributed by atoms with Gasteiger partial charge in [-0.3, -0.25) is 9.59 Å². The summed E-state index contributed by atoms with van der Waals surface area (Å²) in [6.07, 6.45) is -0.358. The minimum Gasteiger partial charge on any atom is -0.494 e. The quantitative estimate of drug-likeness (QED) is 0.792. The fourth-order valence-electron chi connectivity index (χ4n) is 2.85. The Morgan fingerprint density at radius 3 is 2.67 bits per heavy atom. The lowest BCUT2D eigenvalue weighted by Gasteiger charge is -2.25. The van der Waals surface area contributed by atoms with Gasteiger partial charge in [0.15, 0.2) is 6.10 Å². The molecule has 142 valence electrons. The number of esters is 1. The molecule has 1 heterocycles. The van der Waals surface area contributed by atoms with Gasteiger partial charge in [-0.05, 0) is 56.2 Å². The van der Waals surface area contributed by atoms with Gasteiger partial charge in [0, 0.05) is 5.69 Å². The van der Waals surface area contributed by atoms with E-state index in [0.717, 1.165) is 17.1 Å². The first-order valence-corrected chi connectivity index (χ1v) is 9.01. The van der Waals surface area contributed by atoms with E-state index >= 15 is 0 Å². The Balaban J connectivity index is 1.52. The predicted octanol–water partition coefficient (Wildman–Crippen LogP) is 3.21. The number of hydrogen-bond acceptors (Lipinski definition) is 5. The van der Waals surface area contributed by atoms with Crippen molar-refractivity contribution in [2.45, 2.75) is 26.4 Å². The van der Waals surface area contributed by atoms with E-state index in [-0.39, 0.29) is 12.5 Å². The molecule has 6 nitrogen and oxygen atoms in total. The molecule has 1 aliphatic heterocycles. The van der Waals surface area contributed by atoms with Crippen LogP contribution in [0.5, 0.6) is 11.5 Å². The molecule has 1 amide bonds. The van der Waals surface area contributed by atoms with E-state index in [1.807, 2.05) is 31.2 Å². The molecule has 1 N–H and O–H groups in total. The molecule has 0 radical (unpaired) electrons. The van der Waals surface area contributed by atoms with Crippen molar-refractivity contribution in [3.05, 3.63) is 54.1 Å². The van der Waals surface area contributed by atoms with Crippen LogP contribution in [0.1, 0.15) is 19.4 Å². The molecule has 2 unspecified atom stereocenters. The molecule has 0 saturated carbocycles. The molecule has 2 aromatic carbocycles. The molecule has 2 aromatic rings. The average molecular weight is 369 g/mol. The summed E-state index contributed by atoms with van der Waals surface area (Å²) in [4.78, 5) is 24.7. The standard InChI is InChI=1S/C21H23NO5/c1-3-25-18-10-8-17(9-11-18)22-20(23)14(2)27-21(24)16-12-15-6-4-5-7-19(15)26-13-16/h4-11,14,16H,3,12-13H2,1-2H3,(H,22,23). The number of hydrogen-bond donors (Lipinski definition) is 1. The lowest BCUT2D eigenvalue weighted by Crippen LogP contribution is -2.36. The Morgan fingerprint density at radius 1 is 1.19 bits per heavy atom. The first-order valence-electron chi connectivity index (χ1n) is 9.01. The molecule has 1 aliphatic rings. The Labute approximate surface area is 158 Å². The highest BCUT2D eigenvalue weighted by molar-refractivity contribution is 5.95. The third kappa shape index (κ3) is 4.78. The lowest BCUT2D eigenvalue weighted by atomic mass is 9.97. The number of para-hydroxylation sites is 1. The van der Waals surface area contributed by atoms with Crippen LogP contribution in [-0.4, -0.2) is 31.2 Å². The Morgan fingerprint density at radius 2 is 1.93 bits per heavy atom. The molecule has 0 fully saturated rings. The summed E-state index contributed by atoms with van der Waals surface area (Å²) in [5.41, 5.74) is 1.58. The zero-order chi connectivity index (χ0) is 19.2. The number of anilines is 1. The number of amides is 1. The highest BCUT2D eigenvalue weighted by Crippen LogP contribution is 2.27. The maximum absolute atomic E-state index is 12.4. The van der Waals surface area contributed by atoms with Gasteiger partial charge in [-0.1, -0.05) is 18.2 Å². The van der Waals surface area contributed by atoms with Crippen LogP contribution in [-0.2, 0) is 20.7 Å². The summed E-state index contributed by atoms with van der Waals surface area (Å²) in [5, 5.41) is 2.73. The van der Waals surface area contributed by atoms with Crippen molar-refractivity contribution in [2.75, 3.05) is 18.5 Å². The lowest BCUT2D eigenvalue weighted by molar-refractivity contribution is -0.158. The molecule has 2 atom stereocenters. The zero-order valence-corrected chi connectivity index (χ0v) is 15.4. The molecule has 0 spiro atoms. The number of rotatable bonds is 6. The minimum atomic E-state index is -0.902. The fraction of sp³-hybridized carbons (Fsp3) is 0.333. The van der Waals surface area contributed by atoms with Crippen molar-refractivity contribution >= 4 is 17.6 Å². The molecule has 6 heteroatoms. The highest BCUT2D eigenvalue weighted by Gasteiger charge is 2.29. The predicted molar refractivity (Wildman–Crippen MR) is 101 cm³/mol. The largest absolute Gasteiger partial charge is 0.494 e. The van der Waals surface area contributed by atoms with Gasteiger partial charge in [-0.2, -0.15) is 0 Å². The summed E-state index contributed by atoms with van der Waals surface area (Å²) in [5.74, 6) is 0.291. The number of carbonyl (C=O) groups is 2. The van der Waals surface area contributed by atoms with Gasteiger partial charge in [0.25, 0.3) is 5.91 Å². The smallest absolute Gasteiger partial charge is 0.313 e. The maximum Gasteiger partial charge on any atom is 0.313 e. The van der Waals surface area contributed by atoms with E-state index in [1.54, 1.807) is 31.2 Å². The SMILES string of the molecule is CCOc1ccc(NC(=O)C(C)OC(=O)C2COc3ccccc3C2)cc1. The van der Waals surface area contributed by atoms with Crippen molar-refractivity contribution in [3.8, 4) is 11.5 Å². The summed E-state index contributed by atoms with van der Waals surface area (Å²) < 4.78 is 16.3. The van der Waals surface area contributed by atoms with E-state index in [1.165, 1.54) is 0 Å². The number of fused-ring (bicyclic) bond motifs is 1. The molecule has 3 rings (SSSR count). The Bertz CT molecular complexity index is 802. The van der Waals surface area contributed by atoms with Crippen LogP contribution in [0.2, 0.25) is 0 Å².